The van der Waals surface area contributed by atoms with Gasteiger partial charge in [0.1, 0.15) is 11.5 Å². The van der Waals surface area contributed by atoms with Gasteiger partial charge in [-0.3, -0.25) is 9.58 Å². The molecule has 2 fully saturated rings. The maximum absolute atomic E-state index is 14.1. The van der Waals surface area contributed by atoms with Crippen LogP contribution in [0.1, 0.15) is 61.5 Å². The highest BCUT2D eigenvalue weighted by atomic mass is 32.2. The van der Waals surface area contributed by atoms with Crippen molar-refractivity contribution in [3.8, 4) is 11.5 Å². The van der Waals surface area contributed by atoms with Gasteiger partial charge in [-0.2, -0.15) is 9.40 Å². The predicted molar refractivity (Wildman–Crippen MR) is 142 cm³/mol. The Kier molecular flexibility index (Phi) is 7.55. The molecule has 1 aromatic heterocycles. The van der Waals surface area contributed by atoms with Gasteiger partial charge in [0.2, 0.25) is 0 Å². The summed E-state index contributed by atoms with van der Waals surface area (Å²) in [5.41, 5.74) is 2.79. The Morgan fingerprint density at radius 2 is 1.49 bits per heavy atom. The third kappa shape index (κ3) is 5.54. The van der Waals surface area contributed by atoms with Crippen molar-refractivity contribution >= 4 is 10.0 Å². The maximum atomic E-state index is 14.1. The molecule has 1 unspecified atom stereocenters. The lowest BCUT2D eigenvalue weighted by Gasteiger charge is -2.38. The van der Waals surface area contributed by atoms with Crippen molar-refractivity contribution < 1.29 is 17.9 Å². The van der Waals surface area contributed by atoms with E-state index in [2.05, 4.69) is 11.8 Å². The lowest BCUT2D eigenvalue weighted by molar-refractivity contribution is 0.108. The van der Waals surface area contributed by atoms with Crippen LogP contribution in [0.4, 0.5) is 0 Å². The molecule has 9 heteroatoms. The average Bonchev–Trinajstić information content (AvgIpc) is 3.64. The van der Waals surface area contributed by atoms with Gasteiger partial charge >= 0.3 is 0 Å². The Morgan fingerprint density at radius 3 is 1.89 bits per heavy atom. The molecule has 0 spiro atoms. The van der Waals surface area contributed by atoms with E-state index in [4.69, 9.17) is 14.6 Å². The highest BCUT2D eigenvalue weighted by molar-refractivity contribution is 7.89. The van der Waals surface area contributed by atoms with E-state index in [0.29, 0.717) is 6.04 Å². The Labute approximate surface area is 219 Å². The van der Waals surface area contributed by atoms with Gasteiger partial charge in [-0.1, -0.05) is 31.2 Å². The second-order valence-corrected chi connectivity index (χ2v) is 11.8. The molecule has 198 valence electrons. The number of rotatable bonds is 12. The van der Waals surface area contributed by atoms with Crippen molar-refractivity contribution in [2.45, 2.75) is 62.8 Å². The van der Waals surface area contributed by atoms with Crippen molar-refractivity contribution in [2.75, 3.05) is 27.3 Å². The van der Waals surface area contributed by atoms with Gasteiger partial charge in [0.05, 0.1) is 32.0 Å². The molecule has 1 aliphatic heterocycles. The first-order chi connectivity index (χ1) is 17.9. The summed E-state index contributed by atoms with van der Waals surface area (Å²) in [6.07, 6.45) is 4.22. The molecule has 0 bridgehead atoms. The molecule has 8 nitrogen and oxygen atoms in total. The quantitative estimate of drug-likeness (QED) is 0.339. The summed E-state index contributed by atoms with van der Waals surface area (Å²) in [4.78, 5) is 2.43. The maximum Gasteiger partial charge on any atom is 0.263 e. The summed E-state index contributed by atoms with van der Waals surface area (Å²) in [7, 11) is -0.636. The zero-order valence-electron chi connectivity index (χ0n) is 21.8. The molecule has 0 radical (unpaired) electrons. The average molecular weight is 525 g/mol. The molecule has 2 aromatic carbocycles. The zero-order chi connectivity index (χ0) is 26.0. The minimum atomic E-state index is -3.87. The number of likely N-dealkylation sites (tertiary alicyclic amines) is 1. The molecule has 1 aliphatic carbocycles. The summed E-state index contributed by atoms with van der Waals surface area (Å²) in [6.45, 7) is 4.73. The van der Waals surface area contributed by atoms with Gasteiger partial charge in [0.25, 0.3) is 10.0 Å². The van der Waals surface area contributed by atoms with Crippen molar-refractivity contribution in [2.24, 2.45) is 0 Å². The van der Waals surface area contributed by atoms with Gasteiger partial charge in [-0.15, -0.1) is 0 Å². The van der Waals surface area contributed by atoms with E-state index < -0.39 is 10.0 Å². The van der Waals surface area contributed by atoms with E-state index in [1.807, 2.05) is 59.3 Å². The minimum absolute atomic E-state index is 0.135. The van der Waals surface area contributed by atoms with E-state index in [9.17, 15) is 8.42 Å². The number of hydrogen-bond donors (Lipinski definition) is 0. The van der Waals surface area contributed by atoms with Crippen molar-refractivity contribution in [3.63, 3.8) is 0 Å². The molecular weight excluding hydrogens is 488 g/mol. The van der Waals surface area contributed by atoms with Crippen LogP contribution in [0, 0.1) is 0 Å². The van der Waals surface area contributed by atoms with Crippen molar-refractivity contribution in [1.82, 2.24) is 19.0 Å². The Hall–Kier alpha value is -2.88. The summed E-state index contributed by atoms with van der Waals surface area (Å²) in [6, 6.07) is 17.3. The van der Waals surface area contributed by atoms with Crippen LogP contribution in [-0.2, 0) is 23.1 Å². The first kappa shape index (κ1) is 25.8. The standard InChI is InChI=1S/C28H36N4O4S/c1-4-26(30-16-5-17-30)27-18-28(29-32(27)23-10-11-23)37(33,34)31(19-21-6-12-24(35-2)13-7-21)20-22-8-14-25(36-3)15-9-22/h6-9,12-15,18,23,26H,4-5,10-11,16-17,19-20H2,1-3H3. The molecule has 5 rings (SSSR count). The number of nitrogens with zero attached hydrogens (tertiary/aromatic N) is 4. The highest BCUT2D eigenvalue weighted by Gasteiger charge is 2.36. The van der Waals surface area contributed by atoms with Gasteiger partial charge < -0.3 is 9.47 Å². The monoisotopic (exact) mass is 524 g/mol. The molecule has 3 aromatic rings. The van der Waals surface area contributed by atoms with E-state index in [-0.39, 0.29) is 24.2 Å². The molecule has 1 saturated carbocycles. The molecule has 2 aliphatic rings. The van der Waals surface area contributed by atoms with E-state index in [1.165, 1.54) is 10.7 Å². The fourth-order valence-electron chi connectivity index (χ4n) is 4.91. The summed E-state index contributed by atoms with van der Waals surface area (Å²) < 4.78 is 42.4. The van der Waals surface area contributed by atoms with Crippen molar-refractivity contribution in [3.05, 3.63) is 71.4 Å². The summed E-state index contributed by atoms with van der Waals surface area (Å²) >= 11 is 0. The van der Waals surface area contributed by atoms with Gasteiger partial charge in [-0.05, 0) is 61.1 Å². The number of ether oxygens (including phenoxy) is 2. The van der Waals surface area contributed by atoms with Gasteiger partial charge in [0, 0.05) is 32.2 Å². The Morgan fingerprint density at radius 1 is 0.946 bits per heavy atom. The van der Waals surface area contributed by atoms with Crippen LogP contribution in [0.15, 0.2) is 59.6 Å². The molecule has 1 atom stereocenters. The third-order valence-electron chi connectivity index (χ3n) is 7.33. The fourth-order valence-corrected chi connectivity index (χ4v) is 6.27. The first-order valence-corrected chi connectivity index (χ1v) is 14.5. The fraction of sp³-hybridized carbons (Fsp3) is 0.464. The normalized spacial score (nSPS) is 17.0. The van der Waals surface area contributed by atoms with Crippen molar-refractivity contribution in [1.29, 1.82) is 0 Å². The Bertz CT molecular complexity index is 1250. The van der Waals surface area contributed by atoms with Gasteiger partial charge in [0.15, 0.2) is 5.03 Å². The highest BCUT2D eigenvalue weighted by Crippen LogP contribution is 2.40. The molecule has 2 heterocycles. The van der Waals surface area contributed by atoms with Crippen LogP contribution in [0.3, 0.4) is 0 Å². The molecule has 0 amide bonds. The SMILES string of the molecule is CCC(c1cc(S(=O)(=O)N(Cc2ccc(OC)cc2)Cc2ccc(OC)cc2)nn1C1CC1)N1CCC1. The molecule has 1 saturated heterocycles. The smallest absolute Gasteiger partial charge is 0.263 e. The van der Waals surface area contributed by atoms with E-state index in [1.54, 1.807) is 14.2 Å². The second-order valence-electron chi connectivity index (χ2n) is 9.87. The summed E-state index contributed by atoms with van der Waals surface area (Å²) in [5, 5.41) is 4.87. The first-order valence-electron chi connectivity index (χ1n) is 13.0. The van der Waals surface area contributed by atoms with Crippen LogP contribution < -0.4 is 9.47 Å². The zero-order valence-corrected chi connectivity index (χ0v) is 22.7. The topological polar surface area (TPSA) is 76.9 Å². The number of aromatic nitrogens is 2. The third-order valence-corrected chi connectivity index (χ3v) is 9.00. The minimum Gasteiger partial charge on any atom is -0.497 e. The lowest BCUT2D eigenvalue weighted by Crippen LogP contribution is -2.40. The number of hydrogen-bond acceptors (Lipinski definition) is 6. The van der Waals surface area contributed by atoms with Crippen LogP contribution in [0.25, 0.3) is 0 Å². The summed E-state index contributed by atoms with van der Waals surface area (Å²) in [5.74, 6) is 1.47. The van der Waals surface area contributed by atoms with E-state index in [0.717, 1.165) is 60.7 Å². The van der Waals surface area contributed by atoms with Crippen LogP contribution in [0.2, 0.25) is 0 Å². The number of methoxy groups -OCH3 is 2. The van der Waals surface area contributed by atoms with Crippen LogP contribution in [0.5, 0.6) is 11.5 Å². The van der Waals surface area contributed by atoms with E-state index >= 15 is 0 Å². The van der Waals surface area contributed by atoms with Crippen LogP contribution in [-0.4, -0.2) is 54.7 Å². The largest absolute Gasteiger partial charge is 0.497 e. The number of sulfonamides is 1. The molecule has 0 N–H and O–H groups in total. The molecule has 37 heavy (non-hydrogen) atoms. The predicted octanol–water partition coefficient (Wildman–Crippen LogP) is 4.78. The molecular formula is C28H36N4O4S. The lowest BCUT2D eigenvalue weighted by atomic mass is 10.0. The van der Waals surface area contributed by atoms with Gasteiger partial charge in [-0.25, -0.2) is 8.42 Å². The second kappa shape index (κ2) is 10.8. The Balaban J connectivity index is 1.49. The number of benzene rings is 2. The van der Waals surface area contributed by atoms with Crippen LogP contribution >= 0.6 is 0 Å².